The fourth-order valence-electron chi connectivity index (χ4n) is 3.70. The lowest BCUT2D eigenvalue weighted by Crippen LogP contribution is -2.40. The van der Waals surface area contributed by atoms with Gasteiger partial charge in [-0.3, -0.25) is 9.10 Å². The van der Waals surface area contributed by atoms with Crippen LogP contribution in [0.2, 0.25) is 0 Å². The lowest BCUT2D eigenvalue weighted by molar-refractivity contribution is -0.114. The van der Waals surface area contributed by atoms with Crippen LogP contribution in [-0.4, -0.2) is 73.3 Å². The van der Waals surface area contributed by atoms with Gasteiger partial charge in [-0.15, -0.1) is 0 Å². The van der Waals surface area contributed by atoms with Crippen molar-refractivity contribution in [3.63, 3.8) is 0 Å². The van der Waals surface area contributed by atoms with E-state index in [-0.39, 0.29) is 29.4 Å². The fraction of sp³-hybridized carbons (Fsp3) is 0.409. The molecule has 0 atom stereocenters. The Labute approximate surface area is 200 Å². The highest BCUT2D eigenvalue weighted by molar-refractivity contribution is 7.92. The lowest BCUT2D eigenvalue weighted by atomic mass is 10.1. The number of carbonyl (C=O) groups is 1. The summed E-state index contributed by atoms with van der Waals surface area (Å²) in [4.78, 5) is 12.9. The van der Waals surface area contributed by atoms with Crippen LogP contribution in [0, 0.1) is 13.8 Å². The Morgan fingerprint density at radius 1 is 1.06 bits per heavy atom. The molecule has 12 heteroatoms. The molecule has 1 fully saturated rings. The molecule has 10 nitrogen and oxygen atoms in total. The van der Waals surface area contributed by atoms with Crippen molar-refractivity contribution in [3.05, 3.63) is 47.5 Å². The summed E-state index contributed by atoms with van der Waals surface area (Å²) in [6, 6.07) is 9.41. The maximum atomic E-state index is 13.0. The molecule has 0 unspecified atom stereocenters. The molecular weight excluding hydrogens is 482 g/mol. The molecule has 0 saturated carbocycles. The maximum Gasteiger partial charge on any atom is 0.245 e. The van der Waals surface area contributed by atoms with Gasteiger partial charge in [0.2, 0.25) is 26.0 Å². The Morgan fingerprint density at radius 2 is 1.68 bits per heavy atom. The minimum atomic E-state index is -3.80. The van der Waals surface area contributed by atoms with Crippen LogP contribution < -0.4 is 14.4 Å². The number of anilines is 2. The van der Waals surface area contributed by atoms with E-state index >= 15 is 0 Å². The third-order valence-corrected chi connectivity index (χ3v) is 8.27. The molecule has 1 N–H and O–H groups in total. The molecule has 2 aromatic rings. The van der Waals surface area contributed by atoms with Gasteiger partial charge in [-0.05, 0) is 55.3 Å². The van der Waals surface area contributed by atoms with E-state index in [1.165, 1.54) is 29.6 Å². The number of ether oxygens (including phenoxy) is 2. The van der Waals surface area contributed by atoms with Crippen LogP contribution >= 0.6 is 0 Å². The van der Waals surface area contributed by atoms with Gasteiger partial charge in [0.15, 0.2) is 0 Å². The molecule has 3 rings (SSSR count). The lowest BCUT2D eigenvalue weighted by Gasteiger charge is -2.26. The van der Waals surface area contributed by atoms with Gasteiger partial charge in [0.05, 0.1) is 42.8 Å². The number of hydrogen-bond donors (Lipinski definition) is 1. The van der Waals surface area contributed by atoms with E-state index in [2.05, 4.69) is 5.32 Å². The molecule has 0 radical (unpaired) electrons. The van der Waals surface area contributed by atoms with Crippen molar-refractivity contribution in [2.75, 3.05) is 55.8 Å². The Kier molecular flexibility index (Phi) is 7.86. The quantitative estimate of drug-likeness (QED) is 0.573. The SMILES string of the molecule is COc1ccc(S(=O)(=O)N2CCOCC2)cc1NC(=O)CN(c1cc(C)cc(C)c1)S(C)(=O)=O. The molecule has 1 aliphatic rings. The summed E-state index contributed by atoms with van der Waals surface area (Å²) >= 11 is 0. The number of benzene rings is 2. The van der Waals surface area contributed by atoms with E-state index in [1.54, 1.807) is 12.1 Å². The molecule has 2 aromatic carbocycles. The summed E-state index contributed by atoms with van der Waals surface area (Å²) in [5.74, 6) is -0.407. The summed E-state index contributed by atoms with van der Waals surface area (Å²) in [6.45, 7) is 4.25. The first-order chi connectivity index (χ1) is 15.9. The van der Waals surface area contributed by atoms with Crippen LogP contribution in [0.3, 0.4) is 0 Å². The highest BCUT2D eigenvalue weighted by Crippen LogP contribution is 2.30. The number of nitrogens with one attached hydrogen (secondary N) is 1. The van der Waals surface area contributed by atoms with Gasteiger partial charge in [-0.25, -0.2) is 16.8 Å². The molecule has 0 spiro atoms. The number of amides is 1. The Balaban J connectivity index is 1.88. The number of carbonyl (C=O) groups excluding carboxylic acids is 1. The molecule has 1 aliphatic heterocycles. The maximum absolute atomic E-state index is 13.0. The zero-order valence-corrected chi connectivity index (χ0v) is 21.2. The second kappa shape index (κ2) is 10.3. The molecular formula is C22H29N3O7S2. The summed E-state index contributed by atoms with van der Waals surface area (Å²) in [7, 11) is -6.19. The van der Waals surface area contributed by atoms with Crippen molar-refractivity contribution in [2.24, 2.45) is 0 Å². The van der Waals surface area contributed by atoms with Crippen LogP contribution in [-0.2, 0) is 29.6 Å². The predicted molar refractivity (Wildman–Crippen MR) is 129 cm³/mol. The van der Waals surface area contributed by atoms with Gasteiger partial charge in [0.1, 0.15) is 12.3 Å². The van der Waals surface area contributed by atoms with E-state index in [1.807, 2.05) is 19.9 Å². The van der Waals surface area contributed by atoms with Gasteiger partial charge in [0.25, 0.3) is 0 Å². The van der Waals surface area contributed by atoms with Crippen LogP contribution in [0.4, 0.5) is 11.4 Å². The number of sulfonamides is 2. The van der Waals surface area contributed by atoms with E-state index < -0.39 is 32.5 Å². The minimum Gasteiger partial charge on any atom is -0.495 e. The second-order valence-corrected chi connectivity index (χ2v) is 11.9. The fourth-order valence-corrected chi connectivity index (χ4v) is 5.97. The Bertz CT molecular complexity index is 1250. The van der Waals surface area contributed by atoms with Gasteiger partial charge < -0.3 is 14.8 Å². The molecule has 186 valence electrons. The first-order valence-electron chi connectivity index (χ1n) is 10.5. The zero-order chi connectivity index (χ0) is 25.1. The van der Waals surface area contributed by atoms with Crippen molar-refractivity contribution >= 4 is 37.3 Å². The van der Waals surface area contributed by atoms with Gasteiger partial charge >= 0.3 is 0 Å². The van der Waals surface area contributed by atoms with Gasteiger partial charge in [-0.2, -0.15) is 4.31 Å². The van der Waals surface area contributed by atoms with Gasteiger partial charge in [0, 0.05) is 13.1 Å². The van der Waals surface area contributed by atoms with Crippen LogP contribution in [0.25, 0.3) is 0 Å². The van der Waals surface area contributed by atoms with Crippen LogP contribution in [0.1, 0.15) is 11.1 Å². The third kappa shape index (κ3) is 6.06. The van der Waals surface area contributed by atoms with Crippen LogP contribution in [0.15, 0.2) is 41.3 Å². The highest BCUT2D eigenvalue weighted by atomic mass is 32.2. The summed E-state index contributed by atoms with van der Waals surface area (Å²) < 4.78 is 63.7. The molecule has 1 saturated heterocycles. The predicted octanol–water partition coefficient (Wildman–Crippen LogP) is 1.74. The average molecular weight is 512 g/mol. The van der Waals surface area contributed by atoms with Crippen molar-refractivity contribution in [1.29, 1.82) is 0 Å². The van der Waals surface area contributed by atoms with Gasteiger partial charge in [-0.1, -0.05) is 6.07 Å². The first kappa shape index (κ1) is 25.9. The number of rotatable bonds is 8. The number of nitrogens with zero attached hydrogens (tertiary/aromatic N) is 2. The van der Waals surface area contributed by atoms with Crippen molar-refractivity contribution in [1.82, 2.24) is 4.31 Å². The standard InChI is InChI=1S/C22H29N3O7S2/c1-16-11-17(2)13-18(12-16)25(33(4,27)28)15-22(26)23-20-14-19(5-6-21(20)31-3)34(29,30)24-7-9-32-10-8-24/h5-6,11-14H,7-10,15H2,1-4H3,(H,23,26). The Morgan fingerprint density at radius 3 is 2.24 bits per heavy atom. The number of hydrogen-bond acceptors (Lipinski definition) is 7. The van der Waals surface area contributed by atoms with Crippen molar-refractivity contribution < 1.29 is 31.1 Å². The van der Waals surface area contributed by atoms with E-state index in [0.29, 0.717) is 18.9 Å². The normalized spacial score (nSPS) is 15.1. The molecule has 1 heterocycles. The smallest absolute Gasteiger partial charge is 0.245 e. The van der Waals surface area contributed by atoms with E-state index in [0.717, 1.165) is 21.7 Å². The van der Waals surface area contributed by atoms with E-state index in [4.69, 9.17) is 9.47 Å². The highest BCUT2D eigenvalue weighted by Gasteiger charge is 2.28. The summed E-state index contributed by atoms with van der Waals surface area (Å²) in [6.07, 6.45) is 1.02. The third-order valence-electron chi connectivity index (χ3n) is 5.23. The first-order valence-corrected chi connectivity index (χ1v) is 13.8. The number of methoxy groups -OCH3 is 1. The second-order valence-electron chi connectivity index (χ2n) is 8.04. The largest absolute Gasteiger partial charge is 0.495 e. The molecule has 0 aliphatic carbocycles. The average Bonchev–Trinajstić information content (AvgIpc) is 2.76. The summed E-state index contributed by atoms with van der Waals surface area (Å²) in [5, 5.41) is 2.60. The molecule has 1 amide bonds. The van der Waals surface area contributed by atoms with Crippen LogP contribution in [0.5, 0.6) is 5.75 Å². The zero-order valence-electron chi connectivity index (χ0n) is 19.6. The van der Waals surface area contributed by atoms with E-state index in [9.17, 15) is 21.6 Å². The molecule has 0 bridgehead atoms. The number of aryl methyl sites for hydroxylation is 2. The monoisotopic (exact) mass is 511 g/mol. The molecule has 34 heavy (non-hydrogen) atoms. The molecule has 0 aromatic heterocycles. The number of morpholine rings is 1. The summed E-state index contributed by atoms with van der Waals surface area (Å²) in [5.41, 5.74) is 2.19. The minimum absolute atomic E-state index is 0.0141. The topological polar surface area (TPSA) is 122 Å². The Hall–Kier alpha value is -2.67. The van der Waals surface area contributed by atoms with Crippen molar-refractivity contribution in [2.45, 2.75) is 18.7 Å². The van der Waals surface area contributed by atoms with Crippen molar-refractivity contribution in [3.8, 4) is 5.75 Å².